The highest BCUT2D eigenvalue weighted by Crippen LogP contribution is 2.35. The molecule has 0 bridgehead atoms. The topological polar surface area (TPSA) is 64.3 Å². The van der Waals surface area contributed by atoms with Crippen molar-refractivity contribution in [2.45, 2.75) is 6.42 Å². The molecule has 1 aromatic heterocycles. The van der Waals surface area contributed by atoms with Crippen LogP contribution in [0.2, 0.25) is 0 Å². The number of thioether (sulfide) groups is 1. The normalized spacial score (nSPS) is 10.7. The molecule has 2 rings (SSSR count). The van der Waals surface area contributed by atoms with E-state index in [4.69, 9.17) is 10.5 Å². The van der Waals surface area contributed by atoms with Crippen LogP contribution in [-0.4, -0.2) is 31.6 Å². The average molecular weight is 310 g/mol. The summed E-state index contributed by atoms with van der Waals surface area (Å²) in [4.78, 5) is 12.7. The number of rotatable bonds is 6. The molecule has 0 aliphatic heterocycles. The Kier molecular flexibility index (Phi) is 5.14. The average Bonchev–Trinajstić information content (AvgIpc) is 2.80. The Morgan fingerprint density at radius 1 is 1.50 bits per heavy atom. The van der Waals surface area contributed by atoms with Gasteiger partial charge in [0, 0.05) is 16.6 Å². The molecule has 0 spiro atoms. The smallest absolute Gasteiger partial charge is 0.263 e. The highest BCUT2D eigenvalue weighted by atomic mass is 32.2. The quantitative estimate of drug-likeness (QED) is 0.805. The highest BCUT2D eigenvalue weighted by molar-refractivity contribution is 7.98. The van der Waals surface area contributed by atoms with Crippen molar-refractivity contribution in [3.05, 3.63) is 23.1 Å². The maximum atomic E-state index is 12.1. The number of amides is 1. The monoisotopic (exact) mass is 310 g/mol. The Morgan fingerprint density at radius 3 is 3.00 bits per heavy atom. The molecule has 108 valence electrons. The first-order valence-corrected chi connectivity index (χ1v) is 8.51. The summed E-state index contributed by atoms with van der Waals surface area (Å²) in [6.07, 6.45) is 3.02. The number of nitrogens with two attached hydrogens (primary N) is 1. The van der Waals surface area contributed by atoms with Gasteiger partial charge in [-0.3, -0.25) is 4.79 Å². The molecule has 0 atom stereocenters. The van der Waals surface area contributed by atoms with Gasteiger partial charge >= 0.3 is 0 Å². The van der Waals surface area contributed by atoms with Crippen molar-refractivity contribution in [1.82, 2.24) is 5.32 Å². The molecule has 4 nitrogen and oxygen atoms in total. The number of benzene rings is 1. The molecule has 0 saturated heterocycles. The van der Waals surface area contributed by atoms with Gasteiger partial charge in [-0.25, -0.2) is 0 Å². The standard InChI is InChI=1S/C14H18N2O2S2/c1-18-9-4-5-10-11(8-9)20-13(12(10)15)14(17)16-6-3-7-19-2/h4-5,8H,3,6-7,15H2,1-2H3,(H,16,17). The Labute approximate surface area is 126 Å². The zero-order valence-electron chi connectivity index (χ0n) is 11.6. The number of ether oxygens (including phenoxy) is 1. The largest absolute Gasteiger partial charge is 0.497 e. The number of thiophene rings is 1. The minimum atomic E-state index is -0.0937. The summed E-state index contributed by atoms with van der Waals surface area (Å²) in [6, 6.07) is 5.65. The molecule has 2 aromatic rings. The molecule has 0 fully saturated rings. The van der Waals surface area contributed by atoms with Crippen LogP contribution in [0.3, 0.4) is 0 Å². The van der Waals surface area contributed by atoms with E-state index in [9.17, 15) is 4.79 Å². The predicted octanol–water partition coefficient (Wildman–Crippen LogP) is 2.98. The van der Waals surface area contributed by atoms with Crippen molar-refractivity contribution < 1.29 is 9.53 Å². The second kappa shape index (κ2) is 6.85. The highest BCUT2D eigenvalue weighted by Gasteiger charge is 2.16. The lowest BCUT2D eigenvalue weighted by atomic mass is 10.2. The SMILES string of the molecule is COc1ccc2c(N)c(C(=O)NCCCSC)sc2c1. The fourth-order valence-electron chi connectivity index (χ4n) is 1.89. The lowest BCUT2D eigenvalue weighted by Crippen LogP contribution is -2.24. The first-order valence-electron chi connectivity index (χ1n) is 6.30. The van der Waals surface area contributed by atoms with Crippen LogP contribution in [0.15, 0.2) is 18.2 Å². The number of fused-ring (bicyclic) bond motifs is 1. The number of hydrogen-bond acceptors (Lipinski definition) is 5. The van der Waals surface area contributed by atoms with Crippen LogP contribution >= 0.6 is 23.1 Å². The molecule has 1 aromatic carbocycles. The van der Waals surface area contributed by atoms with Gasteiger partial charge in [0.25, 0.3) is 5.91 Å². The van der Waals surface area contributed by atoms with E-state index in [0.29, 0.717) is 17.1 Å². The molecule has 0 aliphatic rings. The Hall–Kier alpha value is -1.40. The number of carbonyl (C=O) groups excluding carboxylic acids is 1. The van der Waals surface area contributed by atoms with Crippen molar-refractivity contribution in [2.75, 3.05) is 31.4 Å². The minimum Gasteiger partial charge on any atom is -0.497 e. The molecule has 0 aliphatic carbocycles. The van der Waals surface area contributed by atoms with E-state index in [1.54, 1.807) is 18.9 Å². The van der Waals surface area contributed by atoms with Crippen LogP contribution in [0.1, 0.15) is 16.1 Å². The van der Waals surface area contributed by atoms with Crippen LogP contribution in [0.25, 0.3) is 10.1 Å². The first-order chi connectivity index (χ1) is 9.67. The van der Waals surface area contributed by atoms with Gasteiger partial charge in [0.1, 0.15) is 10.6 Å². The summed E-state index contributed by atoms with van der Waals surface area (Å²) in [5.74, 6) is 1.72. The Balaban J connectivity index is 2.17. The van der Waals surface area contributed by atoms with Gasteiger partial charge in [-0.05, 0) is 36.6 Å². The van der Waals surface area contributed by atoms with Crippen LogP contribution in [0.4, 0.5) is 5.69 Å². The third-order valence-electron chi connectivity index (χ3n) is 2.95. The summed E-state index contributed by atoms with van der Waals surface area (Å²) >= 11 is 3.18. The lowest BCUT2D eigenvalue weighted by Gasteiger charge is -2.03. The Morgan fingerprint density at radius 2 is 2.30 bits per heavy atom. The molecule has 3 N–H and O–H groups in total. The number of methoxy groups -OCH3 is 1. The maximum absolute atomic E-state index is 12.1. The van der Waals surface area contributed by atoms with E-state index in [1.165, 1.54) is 11.3 Å². The van der Waals surface area contributed by atoms with Gasteiger partial charge in [0.15, 0.2) is 0 Å². The summed E-state index contributed by atoms with van der Waals surface area (Å²) < 4.78 is 6.16. The molecule has 1 amide bonds. The molecule has 0 unspecified atom stereocenters. The van der Waals surface area contributed by atoms with Crippen molar-refractivity contribution in [3.8, 4) is 5.75 Å². The number of carbonyl (C=O) groups is 1. The maximum Gasteiger partial charge on any atom is 0.263 e. The van der Waals surface area contributed by atoms with E-state index < -0.39 is 0 Å². The van der Waals surface area contributed by atoms with Crippen LogP contribution in [0, 0.1) is 0 Å². The van der Waals surface area contributed by atoms with E-state index >= 15 is 0 Å². The summed E-state index contributed by atoms with van der Waals surface area (Å²) in [5, 5.41) is 3.82. The Bertz CT molecular complexity index is 610. The van der Waals surface area contributed by atoms with E-state index in [-0.39, 0.29) is 5.91 Å². The summed E-state index contributed by atoms with van der Waals surface area (Å²) in [7, 11) is 1.62. The number of hydrogen-bond donors (Lipinski definition) is 2. The minimum absolute atomic E-state index is 0.0937. The van der Waals surface area contributed by atoms with Crippen LogP contribution in [-0.2, 0) is 0 Å². The molecular formula is C14H18N2O2S2. The lowest BCUT2D eigenvalue weighted by molar-refractivity contribution is 0.0958. The fourth-order valence-corrected chi connectivity index (χ4v) is 3.39. The van der Waals surface area contributed by atoms with Crippen LogP contribution < -0.4 is 15.8 Å². The summed E-state index contributed by atoms with van der Waals surface area (Å²) in [5.41, 5.74) is 6.62. The zero-order valence-corrected chi connectivity index (χ0v) is 13.2. The molecule has 0 radical (unpaired) electrons. The van der Waals surface area contributed by atoms with Gasteiger partial charge in [-0.15, -0.1) is 11.3 Å². The van der Waals surface area contributed by atoms with Gasteiger partial charge < -0.3 is 15.8 Å². The third-order valence-corrected chi connectivity index (χ3v) is 4.82. The molecular weight excluding hydrogens is 292 g/mol. The first kappa shape index (κ1) is 15.0. The number of nitrogens with one attached hydrogen (secondary N) is 1. The van der Waals surface area contributed by atoms with Crippen molar-refractivity contribution in [2.24, 2.45) is 0 Å². The van der Waals surface area contributed by atoms with Crippen LogP contribution in [0.5, 0.6) is 5.75 Å². The second-order valence-electron chi connectivity index (χ2n) is 4.31. The third kappa shape index (κ3) is 3.19. The molecule has 1 heterocycles. The summed E-state index contributed by atoms with van der Waals surface area (Å²) in [6.45, 7) is 0.677. The van der Waals surface area contributed by atoms with Gasteiger partial charge in [-0.2, -0.15) is 11.8 Å². The van der Waals surface area contributed by atoms with E-state index in [2.05, 4.69) is 11.6 Å². The molecule has 0 saturated carbocycles. The van der Waals surface area contributed by atoms with Crippen molar-refractivity contribution in [1.29, 1.82) is 0 Å². The fraction of sp³-hybridized carbons (Fsp3) is 0.357. The second-order valence-corrected chi connectivity index (χ2v) is 6.35. The van der Waals surface area contributed by atoms with E-state index in [0.717, 1.165) is 28.0 Å². The zero-order chi connectivity index (χ0) is 14.5. The van der Waals surface area contributed by atoms with Crippen molar-refractivity contribution >= 4 is 44.8 Å². The van der Waals surface area contributed by atoms with Gasteiger partial charge in [0.05, 0.1) is 12.8 Å². The van der Waals surface area contributed by atoms with Crippen molar-refractivity contribution in [3.63, 3.8) is 0 Å². The number of anilines is 1. The number of nitrogen functional groups attached to an aromatic ring is 1. The molecule has 20 heavy (non-hydrogen) atoms. The van der Waals surface area contributed by atoms with Gasteiger partial charge in [0.2, 0.25) is 0 Å². The molecule has 6 heteroatoms. The van der Waals surface area contributed by atoms with Gasteiger partial charge in [-0.1, -0.05) is 0 Å². The predicted molar refractivity (Wildman–Crippen MR) is 88.1 cm³/mol. The van der Waals surface area contributed by atoms with E-state index in [1.807, 2.05) is 18.2 Å².